The molecule has 0 spiro atoms. The van der Waals surface area contributed by atoms with E-state index in [-0.39, 0.29) is 5.91 Å². The van der Waals surface area contributed by atoms with Crippen LogP contribution in [-0.4, -0.2) is 37.0 Å². The normalized spacial score (nSPS) is 14.9. The number of anilines is 1. The third-order valence-electron chi connectivity index (χ3n) is 4.54. The summed E-state index contributed by atoms with van der Waals surface area (Å²) in [4.78, 5) is 16.9. The minimum absolute atomic E-state index is 0.150. The van der Waals surface area contributed by atoms with Gasteiger partial charge in [-0.05, 0) is 48.7 Å². The van der Waals surface area contributed by atoms with Gasteiger partial charge in [0.2, 0.25) is 0 Å². The Morgan fingerprint density at radius 2 is 1.70 bits per heavy atom. The second-order valence-electron chi connectivity index (χ2n) is 6.17. The highest BCUT2D eigenvalue weighted by atomic mass is 16.2. The molecule has 0 aromatic heterocycles. The Bertz CT molecular complexity index is 670. The van der Waals surface area contributed by atoms with E-state index in [2.05, 4.69) is 55.1 Å². The summed E-state index contributed by atoms with van der Waals surface area (Å²) in [5.74, 6) is 0.150. The lowest BCUT2D eigenvalue weighted by Gasteiger charge is -2.36. The molecule has 1 aliphatic heterocycles. The third kappa shape index (κ3) is 3.55. The van der Waals surface area contributed by atoms with E-state index in [9.17, 15) is 4.79 Å². The zero-order valence-corrected chi connectivity index (χ0v) is 14.0. The minimum Gasteiger partial charge on any atom is -0.368 e. The first-order valence-corrected chi connectivity index (χ1v) is 8.37. The first kappa shape index (κ1) is 15.6. The number of carbonyl (C=O) groups excluding carboxylic acids is 1. The van der Waals surface area contributed by atoms with Gasteiger partial charge in [-0.25, -0.2) is 0 Å². The highest BCUT2D eigenvalue weighted by Crippen LogP contribution is 2.18. The maximum Gasteiger partial charge on any atom is 0.253 e. The van der Waals surface area contributed by atoms with E-state index in [1.165, 1.54) is 16.8 Å². The fraction of sp³-hybridized carbons (Fsp3) is 0.350. The zero-order valence-electron chi connectivity index (χ0n) is 14.0. The van der Waals surface area contributed by atoms with Crippen LogP contribution in [0.3, 0.4) is 0 Å². The summed E-state index contributed by atoms with van der Waals surface area (Å²) in [6.45, 7) is 7.58. The SMILES string of the molecule is CCc1ccc(C(=O)N2CCN(c3cccc(C)c3)CC2)cc1. The largest absolute Gasteiger partial charge is 0.368 e. The van der Waals surface area contributed by atoms with Crippen molar-refractivity contribution in [3.8, 4) is 0 Å². The van der Waals surface area contributed by atoms with Crippen molar-refractivity contribution in [2.75, 3.05) is 31.1 Å². The molecule has 0 saturated carbocycles. The second kappa shape index (κ2) is 6.86. The van der Waals surface area contributed by atoms with E-state index >= 15 is 0 Å². The molecule has 2 aromatic carbocycles. The molecular weight excluding hydrogens is 284 g/mol. The number of nitrogens with zero attached hydrogens (tertiary/aromatic N) is 2. The van der Waals surface area contributed by atoms with Crippen LogP contribution < -0.4 is 4.90 Å². The average molecular weight is 308 g/mol. The standard InChI is InChI=1S/C20H24N2O/c1-3-17-7-9-18(10-8-17)20(23)22-13-11-21(12-14-22)19-6-4-5-16(2)15-19/h4-10,15H,3,11-14H2,1-2H3. The van der Waals surface area contributed by atoms with Crippen molar-refractivity contribution in [2.45, 2.75) is 20.3 Å². The number of hydrogen-bond acceptors (Lipinski definition) is 2. The first-order valence-electron chi connectivity index (χ1n) is 8.37. The number of benzene rings is 2. The molecular formula is C20H24N2O. The molecule has 1 amide bonds. The second-order valence-corrected chi connectivity index (χ2v) is 6.17. The van der Waals surface area contributed by atoms with Gasteiger partial charge in [-0.2, -0.15) is 0 Å². The van der Waals surface area contributed by atoms with Gasteiger partial charge in [0.1, 0.15) is 0 Å². The monoisotopic (exact) mass is 308 g/mol. The van der Waals surface area contributed by atoms with Crippen molar-refractivity contribution in [1.82, 2.24) is 4.90 Å². The average Bonchev–Trinajstić information content (AvgIpc) is 2.61. The molecule has 23 heavy (non-hydrogen) atoms. The van der Waals surface area contributed by atoms with E-state index in [0.29, 0.717) is 0 Å². The fourth-order valence-electron chi connectivity index (χ4n) is 3.06. The van der Waals surface area contributed by atoms with Crippen LogP contribution in [0.4, 0.5) is 5.69 Å². The van der Waals surface area contributed by atoms with Crippen LogP contribution >= 0.6 is 0 Å². The molecule has 0 N–H and O–H groups in total. The van der Waals surface area contributed by atoms with Crippen molar-refractivity contribution < 1.29 is 4.79 Å². The number of carbonyl (C=O) groups is 1. The lowest BCUT2D eigenvalue weighted by atomic mass is 10.1. The van der Waals surface area contributed by atoms with Crippen LogP contribution in [0.15, 0.2) is 48.5 Å². The summed E-state index contributed by atoms with van der Waals surface area (Å²) in [5, 5.41) is 0. The highest BCUT2D eigenvalue weighted by Gasteiger charge is 2.22. The summed E-state index contributed by atoms with van der Waals surface area (Å²) in [7, 11) is 0. The molecule has 1 heterocycles. The van der Waals surface area contributed by atoms with Gasteiger partial charge >= 0.3 is 0 Å². The molecule has 0 radical (unpaired) electrons. The molecule has 0 aliphatic carbocycles. The molecule has 1 fully saturated rings. The Balaban J connectivity index is 1.62. The van der Waals surface area contributed by atoms with Gasteiger partial charge in [0.25, 0.3) is 5.91 Å². The van der Waals surface area contributed by atoms with E-state index in [1.807, 2.05) is 17.0 Å². The maximum atomic E-state index is 12.6. The summed E-state index contributed by atoms with van der Waals surface area (Å²) in [6.07, 6.45) is 1.00. The van der Waals surface area contributed by atoms with Crippen LogP contribution in [0.25, 0.3) is 0 Å². The topological polar surface area (TPSA) is 23.6 Å². The van der Waals surface area contributed by atoms with E-state index < -0.39 is 0 Å². The molecule has 1 saturated heterocycles. The molecule has 2 aromatic rings. The van der Waals surface area contributed by atoms with Gasteiger partial charge in [-0.3, -0.25) is 4.79 Å². The fourth-order valence-corrected chi connectivity index (χ4v) is 3.06. The first-order chi connectivity index (χ1) is 11.2. The van der Waals surface area contributed by atoms with Crippen molar-refractivity contribution in [2.24, 2.45) is 0 Å². The van der Waals surface area contributed by atoms with Gasteiger partial charge in [0, 0.05) is 37.4 Å². The smallest absolute Gasteiger partial charge is 0.253 e. The molecule has 3 heteroatoms. The number of amides is 1. The van der Waals surface area contributed by atoms with Crippen molar-refractivity contribution in [3.63, 3.8) is 0 Å². The summed E-state index contributed by atoms with van der Waals surface area (Å²) < 4.78 is 0. The van der Waals surface area contributed by atoms with Gasteiger partial charge in [0.15, 0.2) is 0 Å². The molecule has 3 rings (SSSR count). The van der Waals surface area contributed by atoms with Gasteiger partial charge in [-0.1, -0.05) is 31.2 Å². The molecule has 3 nitrogen and oxygen atoms in total. The van der Waals surface area contributed by atoms with Crippen LogP contribution in [0, 0.1) is 6.92 Å². The number of rotatable bonds is 3. The summed E-state index contributed by atoms with van der Waals surface area (Å²) in [5.41, 5.74) is 4.60. The lowest BCUT2D eigenvalue weighted by Crippen LogP contribution is -2.48. The maximum absolute atomic E-state index is 12.6. The van der Waals surface area contributed by atoms with Crippen molar-refractivity contribution >= 4 is 11.6 Å². The molecule has 1 aliphatic rings. The van der Waals surface area contributed by atoms with Crippen LogP contribution in [0.1, 0.15) is 28.4 Å². The van der Waals surface area contributed by atoms with E-state index in [0.717, 1.165) is 38.2 Å². The van der Waals surface area contributed by atoms with Crippen molar-refractivity contribution in [3.05, 3.63) is 65.2 Å². The van der Waals surface area contributed by atoms with E-state index in [4.69, 9.17) is 0 Å². The van der Waals surface area contributed by atoms with E-state index in [1.54, 1.807) is 0 Å². The molecule has 0 bridgehead atoms. The quantitative estimate of drug-likeness (QED) is 0.866. The lowest BCUT2D eigenvalue weighted by molar-refractivity contribution is 0.0747. The Hall–Kier alpha value is -2.29. The van der Waals surface area contributed by atoms with Crippen LogP contribution in [-0.2, 0) is 6.42 Å². The zero-order chi connectivity index (χ0) is 16.2. The Morgan fingerprint density at radius 3 is 2.30 bits per heavy atom. The molecule has 120 valence electrons. The molecule has 0 unspecified atom stereocenters. The Labute approximate surface area is 138 Å². The molecule has 0 atom stereocenters. The highest BCUT2D eigenvalue weighted by molar-refractivity contribution is 5.94. The minimum atomic E-state index is 0.150. The van der Waals surface area contributed by atoms with Crippen LogP contribution in [0.2, 0.25) is 0 Å². The van der Waals surface area contributed by atoms with Crippen LogP contribution in [0.5, 0.6) is 0 Å². The predicted octanol–water partition coefficient (Wildman–Crippen LogP) is 3.52. The summed E-state index contributed by atoms with van der Waals surface area (Å²) >= 11 is 0. The third-order valence-corrected chi connectivity index (χ3v) is 4.54. The Kier molecular flexibility index (Phi) is 4.65. The number of aryl methyl sites for hydroxylation is 2. The predicted molar refractivity (Wildman–Crippen MR) is 95.1 cm³/mol. The Morgan fingerprint density at radius 1 is 1.00 bits per heavy atom. The van der Waals surface area contributed by atoms with Gasteiger partial charge in [-0.15, -0.1) is 0 Å². The number of hydrogen-bond donors (Lipinski definition) is 0. The summed E-state index contributed by atoms with van der Waals surface area (Å²) in [6, 6.07) is 16.6. The van der Waals surface area contributed by atoms with Crippen molar-refractivity contribution in [1.29, 1.82) is 0 Å². The van der Waals surface area contributed by atoms with Gasteiger partial charge in [0.05, 0.1) is 0 Å². The number of piperazine rings is 1. The van der Waals surface area contributed by atoms with Gasteiger partial charge < -0.3 is 9.80 Å².